The molecule has 0 amide bonds. The fraction of sp³-hybridized carbons (Fsp3) is 0.217. The Balaban J connectivity index is 1.86. The number of hydrogen-bond donors (Lipinski definition) is 1. The van der Waals surface area contributed by atoms with E-state index in [1.54, 1.807) is 0 Å². The zero-order chi connectivity index (χ0) is 18.5. The third-order valence-corrected chi connectivity index (χ3v) is 5.68. The van der Waals surface area contributed by atoms with Crippen LogP contribution in [0.15, 0.2) is 72.8 Å². The molecular weight excluding hydrogens is 361 g/mol. The monoisotopic (exact) mass is 383 g/mol. The minimum atomic E-state index is 0.335. The molecule has 2 atom stereocenters. The van der Waals surface area contributed by atoms with Gasteiger partial charge in [-0.2, -0.15) is 0 Å². The zero-order valence-corrected chi connectivity index (χ0v) is 16.3. The Kier molecular flexibility index (Phi) is 6.37. The third kappa shape index (κ3) is 4.48. The maximum absolute atomic E-state index is 6.19. The molecule has 2 unspecified atom stereocenters. The van der Waals surface area contributed by atoms with Crippen molar-refractivity contribution in [2.45, 2.75) is 19.3 Å². The van der Waals surface area contributed by atoms with Crippen LogP contribution in [0.1, 0.15) is 24.0 Å². The summed E-state index contributed by atoms with van der Waals surface area (Å²) in [6, 6.07) is 25.1. The summed E-state index contributed by atoms with van der Waals surface area (Å²) in [7, 11) is 0. The molecule has 134 valence electrons. The van der Waals surface area contributed by atoms with E-state index in [2.05, 4.69) is 55.5 Å². The van der Waals surface area contributed by atoms with Gasteiger partial charge in [0.25, 0.3) is 0 Å². The molecule has 0 aliphatic carbocycles. The SMILES string of the molecule is CC(CN)C(Cc1ccc(Cl)c(Cl)c1)c1ccc(-c2ccccc2)cc1. The van der Waals surface area contributed by atoms with Crippen LogP contribution in [0, 0.1) is 5.92 Å². The molecule has 0 fully saturated rings. The third-order valence-electron chi connectivity index (χ3n) is 4.94. The molecule has 1 nitrogen and oxygen atoms in total. The van der Waals surface area contributed by atoms with Crippen LogP contribution in [0.2, 0.25) is 10.0 Å². The fourth-order valence-electron chi connectivity index (χ4n) is 3.29. The van der Waals surface area contributed by atoms with Crippen molar-refractivity contribution in [2.75, 3.05) is 6.54 Å². The maximum atomic E-state index is 6.19. The van der Waals surface area contributed by atoms with Crippen molar-refractivity contribution in [2.24, 2.45) is 11.7 Å². The summed E-state index contributed by atoms with van der Waals surface area (Å²) in [5.74, 6) is 0.703. The predicted octanol–water partition coefficient (Wildman–Crippen LogP) is 6.58. The van der Waals surface area contributed by atoms with E-state index in [0.717, 1.165) is 6.42 Å². The molecule has 2 N–H and O–H groups in total. The van der Waals surface area contributed by atoms with Crippen molar-refractivity contribution in [1.82, 2.24) is 0 Å². The molecule has 0 heterocycles. The largest absolute Gasteiger partial charge is 0.330 e. The van der Waals surface area contributed by atoms with Crippen molar-refractivity contribution < 1.29 is 0 Å². The van der Waals surface area contributed by atoms with Crippen molar-refractivity contribution >= 4 is 23.2 Å². The molecule has 3 heteroatoms. The Morgan fingerprint density at radius 2 is 1.46 bits per heavy atom. The molecular formula is C23H23Cl2N. The summed E-state index contributed by atoms with van der Waals surface area (Å²) in [5, 5.41) is 1.19. The van der Waals surface area contributed by atoms with E-state index in [1.807, 2.05) is 24.3 Å². The van der Waals surface area contributed by atoms with E-state index in [1.165, 1.54) is 22.3 Å². The van der Waals surface area contributed by atoms with Gasteiger partial charge in [-0.1, -0.05) is 90.8 Å². The second kappa shape index (κ2) is 8.73. The van der Waals surface area contributed by atoms with Gasteiger partial charge in [0, 0.05) is 0 Å². The molecule has 26 heavy (non-hydrogen) atoms. The normalized spacial score (nSPS) is 13.4. The summed E-state index contributed by atoms with van der Waals surface area (Å²) in [6.07, 6.45) is 0.889. The summed E-state index contributed by atoms with van der Waals surface area (Å²) < 4.78 is 0. The topological polar surface area (TPSA) is 26.0 Å². The van der Waals surface area contributed by atoms with E-state index < -0.39 is 0 Å². The van der Waals surface area contributed by atoms with Crippen LogP contribution in [0.5, 0.6) is 0 Å². The highest BCUT2D eigenvalue weighted by Gasteiger charge is 2.19. The van der Waals surface area contributed by atoms with Crippen LogP contribution in [0.4, 0.5) is 0 Å². The lowest BCUT2D eigenvalue weighted by molar-refractivity contribution is 0.465. The summed E-state index contributed by atoms with van der Waals surface area (Å²) in [6.45, 7) is 2.85. The minimum Gasteiger partial charge on any atom is -0.330 e. The Labute approximate surface area is 165 Å². The van der Waals surface area contributed by atoms with Gasteiger partial charge in [0.15, 0.2) is 0 Å². The van der Waals surface area contributed by atoms with E-state index in [9.17, 15) is 0 Å². The Morgan fingerprint density at radius 1 is 0.808 bits per heavy atom. The predicted molar refractivity (Wildman–Crippen MR) is 113 cm³/mol. The molecule has 3 aromatic carbocycles. The zero-order valence-electron chi connectivity index (χ0n) is 14.8. The summed E-state index contributed by atoms with van der Waals surface area (Å²) in [4.78, 5) is 0. The highest BCUT2D eigenvalue weighted by Crippen LogP contribution is 2.32. The van der Waals surface area contributed by atoms with Gasteiger partial charge < -0.3 is 5.73 Å². The number of halogens is 2. The van der Waals surface area contributed by atoms with Crippen LogP contribution in [-0.2, 0) is 6.42 Å². The standard InChI is InChI=1S/C23H23Cl2N/c1-16(15-26)21(13-17-7-12-22(24)23(25)14-17)20-10-8-19(9-11-20)18-5-3-2-4-6-18/h2-12,14,16,21H,13,15,26H2,1H3. The van der Waals surface area contributed by atoms with Gasteiger partial charge in [-0.25, -0.2) is 0 Å². The van der Waals surface area contributed by atoms with E-state index in [4.69, 9.17) is 28.9 Å². The average Bonchev–Trinajstić information content (AvgIpc) is 2.69. The molecule has 0 saturated carbocycles. The van der Waals surface area contributed by atoms with Gasteiger partial charge in [-0.05, 0) is 59.2 Å². The lowest BCUT2D eigenvalue weighted by Gasteiger charge is -2.24. The average molecular weight is 384 g/mol. The molecule has 0 aliphatic rings. The molecule has 0 aromatic heterocycles. The summed E-state index contributed by atoms with van der Waals surface area (Å²) >= 11 is 12.2. The molecule has 3 rings (SSSR count). The van der Waals surface area contributed by atoms with Crippen LogP contribution < -0.4 is 5.73 Å². The first kappa shape index (κ1) is 19.0. The Hall–Kier alpha value is -1.80. The first-order valence-corrected chi connectivity index (χ1v) is 9.63. The van der Waals surface area contributed by atoms with E-state index in [-0.39, 0.29) is 0 Å². The lowest BCUT2D eigenvalue weighted by Crippen LogP contribution is -2.21. The van der Waals surface area contributed by atoms with Gasteiger partial charge in [0.05, 0.1) is 10.0 Å². The molecule has 0 saturated heterocycles. The lowest BCUT2D eigenvalue weighted by atomic mass is 9.82. The van der Waals surface area contributed by atoms with Crippen molar-refractivity contribution in [3.05, 3.63) is 94.0 Å². The van der Waals surface area contributed by atoms with Crippen LogP contribution in [0.3, 0.4) is 0 Å². The summed E-state index contributed by atoms with van der Waals surface area (Å²) in [5.41, 5.74) is 10.9. The van der Waals surface area contributed by atoms with Gasteiger partial charge in [-0.15, -0.1) is 0 Å². The Morgan fingerprint density at radius 3 is 2.08 bits per heavy atom. The van der Waals surface area contributed by atoms with Gasteiger partial charge in [-0.3, -0.25) is 0 Å². The van der Waals surface area contributed by atoms with Crippen LogP contribution >= 0.6 is 23.2 Å². The molecule has 0 spiro atoms. The molecule has 0 bridgehead atoms. The first-order chi connectivity index (χ1) is 12.6. The highest BCUT2D eigenvalue weighted by molar-refractivity contribution is 6.42. The van der Waals surface area contributed by atoms with Gasteiger partial charge in [0.1, 0.15) is 0 Å². The smallest absolute Gasteiger partial charge is 0.0595 e. The second-order valence-electron chi connectivity index (χ2n) is 6.76. The van der Waals surface area contributed by atoms with Gasteiger partial charge >= 0.3 is 0 Å². The van der Waals surface area contributed by atoms with E-state index >= 15 is 0 Å². The quantitative estimate of drug-likeness (QED) is 0.510. The molecule has 0 radical (unpaired) electrons. The van der Waals surface area contributed by atoms with Gasteiger partial charge in [0.2, 0.25) is 0 Å². The first-order valence-electron chi connectivity index (χ1n) is 8.88. The number of benzene rings is 3. The minimum absolute atomic E-state index is 0.335. The second-order valence-corrected chi connectivity index (χ2v) is 7.57. The molecule has 3 aromatic rings. The highest BCUT2D eigenvalue weighted by atomic mass is 35.5. The van der Waals surface area contributed by atoms with Crippen molar-refractivity contribution in [3.63, 3.8) is 0 Å². The number of rotatable bonds is 6. The fourth-order valence-corrected chi connectivity index (χ4v) is 3.61. The number of hydrogen-bond acceptors (Lipinski definition) is 1. The molecule has 0 aliphatic heterocycles. The Bertz CT molecular complexity index is 844. The van der Waals surface area contributed by atoms with E-state index in [0.29, 0.717) is 28.4 Å². The maximum Gasteiger partial charge on any atom is 0.0595 e. The van der Waals surface area contributed by atoms with Crippen LogP contribution in [0.25, 0.3) is 11.1 Å². The number of nitrogens with two attached hydrogens (primary N) is 1. The van der Waals surface area contributed by atoms with Crippen molar-refractivity contribution in [3.8, 4) is 11.1 Å². The van der Waals surface area contributed by atoms with Crippen LogP contribution in [-0.4, -0.2) is 6.54 Å². The van der Waals surface area contributed by atoms with Crippen molar-refractivity contribution in [1.29, 1.82) is 0 Å².